The molecule has 0 bridgehead atoms. The second kappa shape index (κ2) is 10.7. The highest BCUT2D eigenvalue weighted by molar-refractivity contribution is 7.89. The minimum absolute atomic E-state index is 0.137. The third-order valence-electron chi connectivity index (χ3n) is 6.41. The number of nitrogens with one attached hydrogen (secondary N) is 2. The summed E-state index contributed by atoms with van der Waals surface area (Å²) in [5.74, 6) is 0.447. The normalized spacial score (nSPS) is 15.1. The molecule has 1 aromatic heterocycles. The van der Waals surface area contributed by atoms with Gasteiger partial charge in [0.15, 0.2) is 0 Å². The molecule has 0 unspecified atom stereocenters. The molecule has 1 saturated heterocycles. The Labute approximate surface area is 227 Å². The van der Waals surface area contributed by atoms with Gasteiger partial charge in [-0.3, -0.25) is 4.79 Å². The molecular formula is C25H32Cl2N6O3S. The molecule has 2 N–H and O–H groups in total. The number of aromatic nitrogens is 2. The van der Waals surface area contributed by atoms with Gasteiger partial charge in [0.1, 0.15) is 5.52 Å². The number of nitrogens with zero attached hydrogens (tertiary/aromatic N) is 4. The maximum atomic E-state index is 12.4. The lowest BCUT2D eigenvalue weighted by molar-refractivity contribution is -0.114. The standard InChI is InChI=1S/C25H32Cl2N6O3S/c1-15(2)28-25-30-23-21(14-20(26)22(27)24(23)29-16(3)34)33(25)18-10-12-32(13-11-18)17-6-8-19(9-7-17)37(35,36)31(4)5/h6-9,14-15,18H,10-13H2,1-5H3,(H,28,30)(H,29,34). The van der Waals surface area contributed by atoms with E-state index < -0.39 is 10.0 Å². The van der Waals surface area contributed by atoms with E-state index in [4.69, 9.17) is 28.2 Å². The number of rotatable bonds is 7. The molecule has 0 aliphatic carbocycles. The predicted octanol–water partition coefficient (Wildman–Crippen LogP) is 5.21. The fraction of sp³-hybridized carbons (Fsp3) is 0.440. The lowest BCUT2D eigenvalue weighted by Gasteiger charge is -2.35. The van der Waals surface area contributed by atoms with Gasteiger partial charge in [0.2, 0.25) is 21.9 Å². The van der Waals surface area contributed by atoms with Crippen LogP contribution in [-0.4, -0.2) is 61.4 Å². The van der Waals surface area contributed by atoms with Crippen molar-refractivity contribution >= 4 is 67.5 Å². The number of hydrogen-bond acceptors (Lipinski definition) is 6. The zero-order valence-electron chi connectivity index (χ0n) is 21.5. The molecule has 0 atom stereocenters. The molecule has 3 aromatic rings. The van der Waals surface area contributed by atoms with Crippen molar-refractivity contribution < 1.29 is 13.2 Å². The van der Waals surface area contributed by atoms with Gasteiger partial charge in [0.05, 0.1) is 26.1 Å². The van der Waals surface area contributed by atoms with Crippen LogP contribution in [0.5, 0.6) is 0 Å². The Balaban J connectivity index is 1.63. The molecule has 12 heteroatoms. The van der Waals surface area contributed by atoms with Gasteiger partial charge in [0, 0.05) is 51.9 Å². The number of amides is 1. The SMILES string of the molecule is CC(=O)Nc1c(Cl)c(Cl)cc2c1nc(NC(C)C)n2C1CCN(c2ccc(S(=O)(=O)N(C)C)cc2)CC1. The lowest BCUT2D eigenvalue weighted by Crippen LogP contribution is -2.35. The molecule has 37 heavy (non-hydrogen) atoms. The number of fused-ring (bicyclic) bond motifs is 1. The number of hydrogen-bond donors (Lipinski definition) is 2. The van der Waals surface area contributed by atoms with E-state index in [0.29, 0.717) is 22.2 Å². The second-order valence-electron chi connectivity index (χ2n) is 9.70. The summed E-state index contributed by atoms with van der Waals surface area (Å²) in [6.45, 7) is 7.07. The van der Waals surface area contributed by atoms with Crippen molar-refractivity contribution in [3.05, 3.63) is 40.4 Å². The summed E-state index contributed by atoms with van der Waals surface area (Å²) >= 11 is 12.9. The smallest absolute Gasteiger partial charge is 0.242 e. The molecule has 200 valence electrons. The summed E-state index contributed by atoms with van der Waals surface area (Å²) in [6, 6.07) is 9.10. The van der Waals surface area contributed by atoms with Crippen molar-refractivity contribution in [3.63, 3.8) is 0 Å². The maximum absolute atomic E-state index is 12.4. The predicted molar refractivity (Wildman–Crippen MR) is 151 cm³/mol. The van der Waals surface area contributed by atoms with E-state index in [-0.39, 0.29) is 27.9 Å². The van der Waals surface area contributed by atoms with Crippen LogP contribution in [0.2, 0.25) is 10.0 Å². The lowest BCUT2D eigenvalue weighted by atomic mass is 10.0. The molecule has 1 amide bonds. The largest absolute Gasteiger partial charge is 0.371 e. The van der Waals surface area contributed by atoms with Crippen molar-refractivity contribution in [1.82, 2.24) is 13.9 Å². The molecule has 1 aliphatic heterocycles. The minimum atomic E-state index is -3.47. The molecule has 9 nitrogen and oxygen atoms in total. The molecule has 0 spiro atoms. The Morgan fingerprint density at radius 1 is 1.14 bits per heavy atom. The van der Waals surface area contributed by atoms with Crippen molar-refractivity contribution in [2.75, 3.05) is 42.7 Å². The summed E-state index contributed by atoms with van der Waals surface area (Å²) in [6.07, 6.45) is 1.68. The van der Waals surface area contributed by atoms with Crippen LogP contribution in [-0.2, 0) is 14.8 Å². The molecule has 0 radical (unpaired) electrons. The molecule has 2 aromatic carbocycles. The van der Waals surface area contributed by atoms with Gasteiger partial charge in [-0.15, -0.1) is 0 Å². The highest BCUT2D eigenvalue weighted by Crippen LogP contribution is 2.41. The van der Waals surface area contributed by atoms with Crippen LogP contribution in [0.3, 0.4) is 0 Å². The zero-order chi connectivity index (χ0) is 27.1. The van der Waals surface area contributed by atoms with Crippen molar-refractivity contribution in [2.24, 2.45) is 0 Å². The Morgan fingerprint density at radius 3 is 2.30 bits per heavy atom. The fourth-order valence-corrected chi connectivity index (χ4v) is 5.91. The molecule has 2 heterocycles. The van der Waals surface area contributed by atoms with Gasteiger partial charge < -0.3 is 20.1 Å². The Kier molecular flexibility index (Phi) is 7.94. The van der Waals surface area contributed by atoms with E-state index in [2.05, 4.69) is 20.1 Å². The van der Waals surface area contributed by atoms with Crippen LogP contribution in [0.1, 0.15) is 39.7 Å². The number of benzene rings is 2. The molecule has 4 rings (SSSR count). The third kappa shape index (κ3) is 5.52. The Morgan fingerprint density at radius 2 is 1.76 bits per heavy atom. The number of sulfonamides is 1. The number of halogens is 2. The number of carbonyl (C=O) groups excluding carboxylic acids is 1. The monoisotopic (exact) mass is 566 g/mol. The van der Waals surface area contributed by atoms with Crippen LogP contribution in [0, 0.1) is 0 Å². The van der Waals surface area contributed by atoms with Crippen molar-refractivity contribution in [2.45, 2.75) is 50.6 Å². The zero-order valence-corrected chi connectivity index (χ0v) is 23.9. The highest BCUT2D eigenvalue weighted by atomic mass is 35.5. The van der Waals surface area contributed by atoms with Gasteiger partial charge >= 0.3 is 0 Å². The number of piperidine rings is 1. The summed E-state index contributed by atoms with van der Waals surface area (Å²) in [4.78, 5) is 19.2. The first-order valence-electron chi connectivity index (χ1n) is 12.1. The van der Waals surface area contributed by atoms with Crippen molar-refractivity contribution in [1.29, 1.82) is 0 Å². The summed E-state index contributed by atoms with van der Waals surface area (Å²) < 4.78 is 28.2. The number of anilines is 3. The molecule has 0 saturated carbocycles. The van der Waals surface area contributed by atoms with Crippen LogP contribution >= 0.6 is 23.2 Å². The number of carbonyl (C=O) groups is 1. The van der Waals surface area contributed by atoms with Crippen molar-refractivity contribution in [3.8, 4) is 0 Å². The number of imidazole rings is 1. The van der Waals surface area contributed by atoms with E-state index in [1.807, 2.05) is 26.0 Å². The molecular weight excluding hydrogens is 535 g/mol. The highest BCUT2D eigenvalue weighted by Gasteiger charge is 2.28. The maximum Gasteiger partial charge on any atom is 0.242 e. The molecule has 1 fully saturated rings. The van der Waals surface area contributed by atoms with Crippen LogP contribution < -0.4 is 15.5 Å². The summed E-state index contributed by atoms with van der Waals surface area (Å²) in [5, 5.41) is 6.83. The van der Waals surface area contributed by atoms with Gasteiger partial charge in [-0.05, 0) is 57.0 Å². The third-order valence-corrected chi connectivity index (χ3v) is 9.02. The second-order valence-corrected chi connectivity index (χ2v) is 12.6. The first-order valence-corrected chi connectivity index (χ1v) is 14.3. The van der Waals surface area contributed by atoms with Gasteiger partial charge in [-0.1, -0.05) is 23.2 Å². The van der Waals surface area contributed by atoms with E-state index in [1.54, 1.807) is 18.2 Å². The van der Waals surface area contributed by atoms with Gasteiger partial charge in [0.25, 0.3) is 0 Å². The Hall–Kier alpha value is -2.53. The average Bonchev–Trinajstić information content (AvgIpc) is 3.18. The fourth-order valence-electron chi connectivity index (χ4n) is 4.62. The van der Waals surface area contributed by atoms with Gasteiger partial charge in [-0.2, -0.15) is 0 Å². The van der Waals surface area contributed by atoms with Crippen LogP contribution in [0.25, 0.3) is 11.0 Å². The summed E-state index contributed by atoms with van der Waals surface area (Å²) in [5.41, 5.74) is 2.79. The topological polar surface area (TPSA) is 99.6 Å². The van der Waals surface area contributed by atoms with Crippen LogP contribution in [0.4, 0.5) is 17.3 Å². The quantitative estimate of drug-likeness (QED) is 0.407. The minimum Gasteiger partial charge on any atom is -0.371 e. The van der Waals surface area contributed by atoms with E-state index in [9.17, 15) is 13.2 Å². The molecule has 1 aliphatic rings. The van der Waals surface area contributed by atoms with E-state index in [0.717, 1.165) is 37.1 Å². The Bertz CT molecular complexity index is 1410. The first-order chi connectivity index (χ1) is 17.4. The van der Waals surface area contributed by atoms with Gasteiger partial charge in [-0.25, -0.2) is 17.7 Å². The van der Waals surface area contributed by atoms with E-state index >= 15 is 0 Å². The first kappa shape index (κ1) is 27.5. The average molecular weight is 568 g/mol. The van der Waals surface area contributed by atoms with Crippen LogP contribution in [0.15, 0.2) is 35.2 Å². The van der Waals surface area contributed by atoms with E-state index in [1.165, 1.54) is 25.3 Å². The summed E-state index contributed by atoms with van der Waals surface area (Å²) in [7, 11) is -0.416.